The number of carboxylic acid groups (broad SMARTS) is 1. The van der Waals surface area contributed by atoms with Crippen LogP contribution in [0.5, 0.6) is 0 Å². The van der Waals surface area contributed by atoms with Crippen LogP contribution in [-0.4, -0.2) is 49.9 Å². The van der Waals surface area contributed by atoms with Crippen molar-refractivity contribution in [3.63, 3.8) is 0 Å². The minimum absolute atomic E-state index is 0.142. The summed E-state index contributed by atoms with van der Waals surface area (Å²) >= 11 is 0. The molecule has 5 nitrogen and oxygen atoms in total. The van der Waals surface area contributed by atoms with Crippen molar-refractivity contribution >= 4 is 15.8 Å². The maximum atomic E-state index is 11.7. The number of alkyl halides is 3. The van der Waals surface area contributed by atoms with E-state index in [9.17, 15) is 26.4 Å². The molecule has 0 aliphatic carbocycles. The lowest BCUT2D eigenvalue weighted by Gasteiger charge is -2.12. The van der Waals surface area contributed by atoms with Crippen molar-refractivity contribution < 1.29 is 36.2 Å². The molecule has 0 fully saturated rings. The number of carboxylic acids is 1. The Morgan fingerprint density at radius 1 is 1.41 bits per heavy atom. The second-order valence-corrected chi connectivity index (χ2v) is 5.57. The van der Waals surface area contributed by atoms with Crippen molar-refractivity contribution in [1.29, 1.82) is 0 Å². The minimum atomic E-state index is -4.53. The van der Waals surface area contributed by atoms with Crippen LogP contribution in [0.25, 0.3) is 0 Å². The van der Waals surface area contributed by atoms with E-state index in [2.05, 4.69) is 4.74 Å². The van der Waals surface area contributed by atoms with Crippen LogP contribution < -0.4 is 0 Å². The number of halogens is 3. The number of sulfone groups is 1. The Morgan fingerprint density at radius 3 is 2.29 bits per heavy atom. The first kappa shape index (κ1) is 16.2. The van der Waals surface area contributed by atoms with Gasteiger partial charge in [-0.25, -0.2) is 8.42 Å². The molecule has 1 N–H and O–H groups in total. The molecular weight excluding hydrogens is 265 g/mol. The van der Waals surface area contributed by atoms with E-state index in [0.29, 0.717) is 0 Å². The second kappa shape index (κ2) is 6.20. The Hall–Kier alpha value is -0.830. The van der Waals surface area contributed by atoms with Crippen LogP contribution in [0.2, 0.25) is 0 Å². The maximum Gasteiger partial charge on any atom is 0.411 e. The summed E-state index contributed by atoms with van der Waals surface area (Å²) < 4.78 is 61.9. The molecule has 102 valence electrons. The fraction of sp³-hybridized carbons (Fsp3) is 0.875. The predicted octanol–water partition coefficient (Wildman–Crippen LogP) is 0.843. The highest BCUT2D eigenvalue weighted by Gasteiger charge is 2.31. The summed E-state index contributed by atoms with van der Waals surface area (Å²) in [6.45, 7) is -0.856. The van der Waals surface area contributed by atoms with E-state index in [4.69, 9.17) is 5.11 Å². The third-order valence-corrected chi connectivity index (χ3v) is 4.00. The van der Waals surface area contributed by atoms with Gasteiger partial charge < -0.3 is 9.84 Å². The zero-order chi connectivity index (χ0) is 13.7. The molecule has 0 heterocycles. The largest absolute Gasteiger partial charge is 0.480 e. The van der Waals surface area contributed by atoms with Gasteiger partial charge in [0.25, 0.3) is 0 Å². The van der Waals surface area contributed by atoms with E-state index in [-0.39, 0.29) is 6.42 Å². The third kappa shape index (κ3) is 6.47. The molecule has 0 aromatic heterocycles. The molecule has 0 aliphatic heterocycles. The topological polar surface area (TPSA) is 80.7 Å². The molecular formula is C8H13F3O5S. The van der Waals surface area contributed by atoms with Gasteiger partial charge in [-0.2, -0.15) is 13.2 Å². The highest BCUT2D eigenvalue weighted by molar-refractivity contribution is 7.92. The van der Waals surface area contributed by atoms with Crippen LogP contribution in [0.3, 0.4) is 0 Å². The molecule has 17 heavy (non-hydrogen) atoms. The molecule has 0 saturated heterocycles. The molecule has 0 saturated carbocycles. The average Bonchev–Trinajstić information content (AvgIpc) is 2.11. The Labute approximate surface area is 96.5 Å². The first-order chi connectivity index (χ1) is 7.60. The van der Waals surface area contributed by atoms with Gasteiger partial charge in [-0.3, -0.25) is 4.79 Å². The first-order valence-electron chi connectivity index (χ1n) is 4.69. The summed E-state index contributed by atoms with van der Waals surface area (Å²) in [4.78, 5) is 10.6. The molecule has 1 unspecified atom stereocenters. The number of carbonyl (C=O) groups is 1. The van der Waals surface area contributed by atoms with Crippen molar-refractivity contribution in [3.05, 3.63) is 0 Å². The normalized spacial score (nSPS) is 14.6. The lowest BCUT2D eigenvalue weighted by atomic mass is 10.3. The van der Waals surface area contributed by atoms with Crippen molar-refractivity contribution in [2.45, 2.75) is 24.8 Å². The molecule has 0 aromatic rings. The van der Waals surface area contributed by atoms with Crippen molar-refractivity contribution in [2.24, 2.45) is 0 Å². The standard InChI is InChI=1S/C8H13F3O5S/c1-2-6(7(12)13)17(14,15)4-3-16-5-8(9,10)11/h6H,2-5H2,1H3,(H,12,13). The van der Waals surface area contributed by atoms with Crippen LogP contribution >= 0.6 is 0 Å². The lowest BCUT2D eigenvalue weighted by molar-refractivity contribution is -0.172. The zero-order valence-corrected chi connectivity index (χ0v) is 9.84. The molecule has 0 aliphatic rings. The van der Waals surface area contributed by atoms with E-state index in [1.807, 2.05) is 0 Å². The van der Waals surface area contributed by atoms with Crippen molar-refractivity contribution in [3.8, 4) is 0 Å². The number of hydrogen-bond acceptors (Lipinski definition) is 4. The van der Waals surface area contributed by atoms with E-state index < -0.39 is 46.2 Å². The van der Waals surface area contributed by atoms with E-state index in [0.717, 1.165) is 0 Å². The molecule has 0 bridgehead atoms. The van der Waals surface area contributed by atoms with Gasteiger partial charge in [-0.05, 0) is 6.42 Å². The van der Waals surface area contributed by atoms with Gasteiger partial charge in [0.05, 0.1) is 12.4 Å². The minimum Gasteiger partial charge on any atom is -0.480 e. The summed E-state index contributed by atoms with van der Waals surface area (Å²) in [5, 5.41) is 6.99. The quantitative estimate of drug-likeness (QED) is 0.698. The van der Waals surface area contributed by atoms with Crippen LogP contribution in [0.4, 0.5) is 13.2 Å². The van der Waals surface area contributed by atoms with Gasteiger partial charge in [-0.1, -0.05) is 6.92 Å². The molecule has 9 heteroatoms. The Bertz CT molecular complexity index is 349. The fourth-order valence-corrected chi connectivity index (χ4v) is 2.54. The molecule has 0 amide bonds. The van der Waals surface area contributed by atoms with E-state index in [1.165, 1.54) is 6.92 Å². The summed E-state index contributed by atoms with van der Waals surface area (Å²) in [5.74, 6) is -2.25. The highest BCUT2D eigenvalue weighted by Crippen LogP contribution is 2.14. The predicted molar refractivity (Wildman–Crippen MR) is 52.4 cm³/mol. The SMILES string of the molecule is CCC(C(=O)O)S(=O)(=O)CCOCC(F)(F)F. The number of ether oxygens (including phenoxy) is 1. The maximum absolute atomic E-state index is 11.7. The van der Waals surface area contributed by atoms with Crippen molar-refractivity contribution in [2.75, 3.05) is 19.0 Å². The monoisotopic (exact) mass is 278 g/mol. The van der Waals surface area contributed by atoms with Crippen LogP contribution in [-0.2, 0) is 19.4 Å². The number of aliphatic carboxylic acids is 1. The van der Waals surface area contributed by atoms with Gasteiger partial charge in [0.2, 0.25) is 0 Å². The van der Waals surface area contributed by atoms with E-state index in [1.54, 1.807) is 0 Å². The molecule has 1 atom stereocenters. The molecule has 0 spiro atoms. The summed E-state index contributed by atoms with van der Waals surface area (Å²) in [5.41, 5.74) is 0. The van der Waals surface area contributed by atoms with E-state index >= 15 is 0 Å². The summed E-state index contributed by atoms with van der Waals surface area (Å²) in [6, 6.07) is 0. The van der Waals surface area contributed by atoms with Gasteiger partial charge in [0, 0.05) is 0 Å². The lowest BCUT2D eigenvalue weighted by Crippen LogP contribution is -2.33. The molecule has 0 aromatic carbocycles. The second-order valence-electron chi connectivity index (χ2n) is 3.27. The average molecular weight is 278 g/mol. The van der Waals surface area contributed by atoms with Crippen LogP contribution in [0.1, 0.15) is 13.3 Å². The van der Waals surface area contributed by atoms with Crippen LogP contribution in [0, 0.1) is 0 Å². The summed E-state index contributed by atoms with van der Waals surface area (Å²) in [7, 11) is -3.98. The summed E-state index contributed by atoms with van der Waals surface area (Å²) in [6.07, 6.45) is -4.67. The zero-order valence-electron chi connectivity index (χ0n) is 9.03. The van der Waals surface area contributed by atoms with Gasteiger partial charge >= 0.3 is 12.1 Å². The number of rotatable bonds is 7. The molecule has 0 rings (SSSR count). The number of hydrogen-bond donors (Lipinski definition) is 1. The van der Waals surface area contributed by atoms with Crippen LogP contribution in [0.15, 0.2) is 0 Å². The van der Waals surface area contributed by atoms with Gasteiger partial charge in [0.1, 0.15) is 6.61 Å². The smallest absolute Gasteiger partial charge is 0.411 e. The molecule has 0 radical (unpaired) electrons. The fourth-order valence-electron chi connectivity index (χ4n) is 1.09. The first-order valence-corrected chi connectivity index (χ1v) is 6.40. The Balaban J connectivity index is 4.24. The Morgan fingerprint density at radius 2 is 1.94 bits per heavy atom. The van der Waals surface area contributed by atoms with Gasteiger partial charge in [-0.15, -0.1) is 0 Å². The third-order valence-electron chi connectivity index (χ3n) is 1.86. The van der Waals surface area contributed by atoms with Crippen molar-refractivity contribution in [1.82, 2.24) is 0 Å². The Kier molecular flexibility index (Phi) is 5.89. The van der Waals surface area contributed by atoms with Gasteiger partial charge in [0.15, 0.2) is 15.1 Å². The highest BCUT2D eigenvalue weighted by atomic mass is 32.2.